The topological polar surface area (TPSA) is 55.1 Å². The summed E-state index contributed by atoms with van der Waals surface area (Å²) in [6, 6.07) is 5.45. The number of halogens is 1. The van der Waals surface area contributed by atoms with Crippen LogP contribution in [0.1, 0.15) is 38.3 Å². The van der Waals surface area contributed by atoms with Gasteiger partial charge in [-0.3, -0.25) is 4.79 Å². The van der Waals surface area contributed by atoms with E-state index in [0.717, 1.165) is 17.7 Å². The number of carbonyl (C=O) groups is 1. The number of nitrogens with two attached hydrogens (primary N) is 1. The number of hydrogen-bond donors (Lipinski definition) is 2. The lowest BCUT2D eigenvalue weighted by atomic mass is 10.0. The maximum absolute atomic E-state index is 12.2. The first-order chi connectivity index (χ1) is 9.47. The van der Waals surface area contributed by atoms with Gasteiger partial charge < -0.3 is 11.1 Å². The van der Waals surface area contributed by atoms with Crippen LogP contribution in [0.25, 0.3) is 0 Å². The van der Waals surface area contributed by atoms with Crippen molar-refractivity contribution >= 4 is 29.3 Å². The van der Waals surface area contributed by atoms with Gasteiger partial charge in [0.15, 0.2) is 0 Å². The number of thioether (sulfide) groups is 1. The third-order valence-corrected chi connectivity index (χ3v) is 4.75. The minimum Gasteiger partial charge on any atom is -0.348 e. The quantitative estimate of drug-likeness (QED) is 0.896. The standard InChI is InChI=1S/C15H21ClN2OS/c1-9(2)7-12(17)15(19)18-13-5-6-20-14-4-3-10(16)8-11(13)14/h3-4,8-9,12-13H,5-7,17H2,1-2H3,(H,18,19)/t12-,13?/m0/s1. The van der Waals surface area contributed by atoms with Gasteiger partial charge in [0.25, 0.3) is 0 Å². The molecule has 0 radical (unpaired) electrons. The highest BCUT2D eigenvalue weighted by Gasteiger charge is 2.25. The second-order valence-corrected chi connectivity index (χ2v) is 7.19. The summed E-state index contributed by atoms with van der Waals surface area (Å²) in [4.78, 5) is 13.4. The fraction of sp³-hybridized carbons (Fsp3) is 0.533. The van der Waals surface area contributed by atoms with Crippen molar-refractivity contribution < 1.29 is 4.79 Å². The first-order valence-corrected chi connectivity index (χ1v) is 8.32. The molecule has 1 aromatic carbocycles. The molecule has 2 atom stereocenters. The zero-order chi connectivity index (χ0) is 14.7. The molecule has 1 unspecified atom stereocenters. The molecule has 110 valence electrons. The average Bonchev–Trinajstić information content (AvgIpc) is 2.38. The Morgan fingerprint density at radius 3 is 3.00 bits per heavy atom. The van der Waals surface area contributed by atoms with Gasteiger partial charge in [0.05, 0.1) is 12.1 Å². The molecular formula is C15H21ClN2OS. The minimum atomic E-state index is -0.438. The van der Waals surface area contributed by atoms with E-state index >= 15 is 0 Å². The summed E-state index contributed by atoms with van der Waals surface area (Å²) in [6.07, 6.45) is 1.62. The molecule has 0 bridgehead atoms. The highest BCUT2D eigenvalue weighted by atomic mass is 35.5. The van der Waals surface area contributed by atoms with E-state index in [0.29, 0.717) is 17.4 Å². The van der Waals surface area contributed by atoms with Crippen LogP contribution in [0, 0.1) is 5.92 Å². The molecule has 1 heterocycles. The Hall–Kier alpha value is -0.710. The number of hydrogen-bond acceptors (Lipinski definition) is 3. The van der Waals surface area contributed by atoms with Gasteiger partial charge in [0.2, 0.25) is 5.91 Å². The number of nitrogens with one attached hydrogen (secondary N) is 1. The van der Waals surface area contributed by atoms with E-state index in [1.54, 1.807) is 11.8 Å². The average molecular weight is 313 g/mol. The lowest BCUT2D eigenvalue weighted by Crippen LogP contribution is -2.43. The van der Waals surface area contributed by atoms with Crippen molar-refractivity contribution in [3.63, 3.8) is 0 Å². The van der Waals surface area contributed by atoms with Crippen LogP contribution in [0.2, 0.25) is 5.02 Å². The first kappa shape index (κ1) is 15.7. The van der Waals surface area contributed by atoms with Gasteiger partial charge in [-0.15, -0.1) is 11.8 Å². The summed E-state index contributed by atoms with van der Waals surface area (Å²) in [6.45, 7) is 4.14. The van der Waals surface area contributed by atoms with Crippen molar-refractivity contribution in [3.8, 4) is 0 Å². The summed E-state index contributed by atoms with van der Waals surface area (Å²) in [5, 5.41) is 3.78. The van der Waals surface area contributed by atoms with Crippen LogP contribution in [0.15, 0.2) is 23.1 Å². The summed E-state index contributed by atoms with van der Waals surface area (Å²) in [5.41, 5.74) is 7.05. The molecule has 1 aromatic rings. The minimum absolute atomic E-state index is 0.0238. The second kappa shape index (κ2) is 6.83. The molecule has 0 aliphatic carbocycles. The molecule has 1 amide bonds. The Morgan fingerprint density at radius 2 is 2.30 bits per heavy atom. The van der Waals surface area contributed by atoms with Gasteiger partial charge in [-0.1, -0.05) is 25.4 Å². The number of benzene rings is 1. The molecule has 20 heavy (non-hydrogen) atoms. The molecule has 0 saturated heterocycles. The Bertz CT molecular complexity index is 493. The maximum Gasteiger partial charge on any atom is 0.237 e. The Morgan fingerprint density at radius 1 is 1.55 bits per heavy atom. The largest absolute Gasteiger partial charge is 0.348 e. The number of rotatable bonds is 4. The molecule has 1 aliphatic heterocycles. The molecule has 1 aliphatic rings. The van der Waals surface area contributed by atoms with Gasteiger partial charge in [-0.25, -0.2) is 0 Å². The van der Waals surface area contributed by atoms with Crippen molar-refractivity contribution in [3.05, 3.63) is 28.8 Å². The monoisotopic (exact) mass is 312 g/mol. The first-order valence-electron chi connectivity index (χ1n) is 6.95. The van der Waals surface area contributed by atoms with Crippen molar-refractivity contribution in [1.82, 2.24) is 5.32 Å². The van der Waals surface area contributed by atoms with Crippen molar-refractivity contribution in [2.24, 2.45) is 11.7 Å². The number of carbonyl (C=O) groups excluding carboxylic acids is 1. The van der Waals surface area contributed by atoms with Gasteiger partial charge in [0.1, 0.15) is 0 Å². The van der Waals surface area contributed by atoms with Gasteiger partial charge in [-0.2, -0.15) is 0 Å². The molecule has 0 fully saturated rings. The third-order valence-electron chi connectivity index (χ3n) is 3.39. The zero-order valence-electron chi connectivity index (χ0n) is 11.9. The Labute approximate surface area is 129 Å². The van der Waals surface area contributed by atoms with Crippen LogP contribution in [-0.2, 0) is 4.79 Å². The van der Waals surface area contributed by atoms with Crippen LogP contribution < -0.4 is 11.1 Å². The normalized spacial score (nSPS) is 19.6. The Kier molecular flexibility index (Phi) is 5.35. The number of amides is 1. The highest BCUT2D eigenvalue weighted by molar-refractivity contribution is 7.99. The lowest BCUT2D eigenvalue weighted by molar-refractivity contribution is -0.123. The molecule has 0 aromatic heterocycles. The lowest BCUT2D eigenvalue weighted by Gasteiger charge is -2.27. The fourth-order valence-corrected chi connectivity index (χ4v) is 3.70. The molecular weight excluding hydrogens is 292 g/mol. The zero-order valence-corrected chi connectivity index (χ0v) is 13.4. The van der Waals surface area contributed by atoms with E-state index in [9.17, 15) is 4.79 Å². The van der Waals surface area contributed by atoms with Crippen LogP contribution in [0.5, 0.6) is 0 Å². The van der Waals surface area contributed by atoms with Crippen molar-refractivity contribution in [1.29, 1.82) is 0 Å². The fourth-order valence-electron chi connectivity index (χ4n) is 2.41. The van der Waals surface area contributed by atoms with Crippen LogP contribution in [0.3, 0.4) is 0 Å². The van der Waals surface area contributed by atoms with E-state index < -0.39 is 6.04 Å². The van der Waals surface area contributed by atoms with Gasteiger partial charge >= 0.3 is 0 Å². The van der Waals surface area contributed by atoms with Gasteiger partial charge in [0, 0.05) is 15.7 Å². The van der Waals surface area contributed by atoms with Crippen LogP contribution in [0.4, 0.5) is 0 Å². The number of fused-ring (bicyclic) bond motifs is 1. The smallest absolute Gasteiger partial charge is 0.237 e. The third kappa shape index (κ3) is 3.90. The van der Waals surface area contributed by atoms with E-state index in [-0.39, 0.29) is 11.9 Å². The van der Waals surface area contributed by atoms with Crippen molar-refractivity contribution in [2.75, 3.05) is 5.75 Å². The summed E-state index contributed by atoms with van der Waals surface area (Å²) < 4.78 is 0. The molecule has 0 spiro atoms. The molecule has 0 saturated carbocycles. The summed E-state index contributed by atoms with van der Waals surface area (Å²) in [7, 11) is 0. The Balaban J connectivity index is 2.08. The second-order valence-electron chi connectivity index (χ2n) is 5.62. The van der Waals surface area contributed by atoms with E-state index in [1.807, 2.05) is 18.2 Å². The van der Waals surface area contributed by atoms with E-state index in [2.05, 4.69) is 19.2 Å². The molecule has 5 heteroatoms. The van der Waals surface area contributed by atoms with Crippen molar-refractivity contribution in [2.45, 2.75) is 43.7 Å². The molecule has 3 nitrogen and oxygen atoms in total. The predicted molar refractivity (Wildman–Crippen MR) is 85.1 cm³/mol. The van der Waals surface area contributed by atoms with E-state index in [1.165, 1.54) is 4.90 Å². The SMILES string of the molecule is CC(C)C[C@H](N)C(=O)NC1CCSc2ccc(Cl)cc21. The summed E-state index contributed by atoms with van der Waals surface area (Å²) >= 11 is 7.87. The summed E-state index contributed by atoms with van der Waals surface area (Å²) in [5.74, 6) is 1.35. The maximum atomic E-state index is 12.2. The van der Waals surface area contributed by atoms with Crippen LogP contribution in [-0.4, -0.2) is 17.7 Å². The van der Waals surface area contributed by atoms with Crippen LogP contribution >= 0.6 is 23.4 Å². The highest BCUT2D eigenvalue weighted by Crippen LogP contribution is 2.37. The van der Waals surface area contributed by atoms with E-state index in [4.69, 9.17) is 17.3 Å². The molecule has 3 N–H and O–H groups in total. The molecule has 2 rings (SSSR count). The predicted octanol–water partition coefficient (Wildman–Crippen LogP) is 3.37. The van der Waals surface area contributed by atoms with Gasteiger partial charge in [-0.05, 0) is 42.5 Å².